The highest BCUT2D eigenvalue weighted by Gasteiger charge is 2.36. The van der Waals surface area contributed by atoms with Crippen LogP contribution in [0, 0.1) is 0 Å². The molecule has 4 rings (SSSR count). The number of carbonyl (C=O) groups excluding carboxylic acids is 2. The molecule has 3 heterocycles. The topological polar surface area (TPSA) is 87.8 Å². The molecule has 7 nitrogen and oxygen atoms in total. The number of fused-ring (bicyclic) bond motifs is 1. The number of furan rings is 1. The van der Waals surface area contributed by atoms with Crippen LogP contribution in [0.15, 0.2) is 70.2 Å². The van der Waals surface area contributed by atoms with Crippen molar-refractivity contribution >= 4 is 29.0 Å². The first-order valence-electron chi connectivity index (χ1n) is 12.2. The summed E-state index contributed by atoms with van der Waals surface area (Å²) >= 11 is 0. The highest BCUT2D eigenvalue weighted by molar-refractivity contribution is 5.97. The van der Waals surface area contributed by atoms with Crippen LogP contribution >= 0.6 is 0 Å². The monoisotopic (exact) mass is 560 g/mol. The third-order valence-corrected chi connectivity index (χ3v) is 6.26. The summed E-state index contributed by atoms with van der Waals surface area (Å²) < 4.78 is 73.5. The van der Waals surface area contributed by atoms with Gasteiger partial charge in [-0.05, 0) is 42.0 Å². The van der Waals surface area contributed by atoms with Crippen molar-refractivity contribution in [2.75, 3.05) is 20.1 Å². The molecule has 3 aromatic rings. The fourth-order valence-corrected chi connectivity index (χ4v) is 4.18. The first-order valence-corrected chi connectivity index (χ1v) is 12.2. The van der Waals surface area contributed by atoms with Crippen LogP contribution in [-0.2, 0) is 17.5 Å². The van der Waals surface area contributed by atoms with Gasteiger partial charge in [-0.2, -0.15) is 13.2 Å². The number of nitrogens with one attached hydrogen (secondary N) is 1. The number of halogens is 5. The SMILES string of the molecule is C=C(C=CC(=O)NCc1cc2c(-c3ccc(C(=O)N4CCC(F)(F)CC4)cn3)cc(C(F)(F)F)cc2o1)C=NC. The van der Waals surface area contributed by atoms with Crippen molar-refractivity contribution in [2.24, 2.45) is 4.99 Å². The Balaban J connectivity index is 1.58. The minimum Gasteiger partial charge on any atom is -0.459 e. The van der Waals surface area contributed by atoms with E-state index in [2.05, 4.69) is 21.9 Å². The lowest BCUT2D eigenvalue weighted by Gasteiger charge is -2.31. The van der Waals surface area contributed by atoms with E-state index in [0.29, 0.717) is 11.0 Å². The standard InChI is InChI=1S/C28H25F5N4O3/c1-17(14-34-2)3-6-25(38)36-16-20-13-22-21(11-19(28(31,32)33)12-24(22)40-20)23-5-4-18(15-35-23)26(39)37-9-7-27(29,30)8-10-37/h3-6,11-15H,1,7-10,16H2,2H3,(H,36,38). The van der Waals surface area contributed by atoms with E-state index in [1.165, 1.54) is 47.7 Å². The van der Waals surface area contributed by atoms with Gasteiger partial charge in [-0.25, -0.2) is 8.78 Å². The predicted molar refractivity (Wildman–Crippen MR) is 139 cm³/mol. The second kappa shape index (κ2) is 11.4. The van der Waals surface area contributed by atoms with Crippen LogP contribution < -0.4 is 5.32 Å². The number of rotatable bonds is 7. The van der Waals surface area contributed by atoms with Crippen LogP contribution in [0.4, 0.5) is 22.0 Å². The summed E-state index contributed by atoms with van der Waals surface area (Å²) in [6, 6.07) is 6.09. The number of carbonyl (C=O) groups is 2. The zero-order valence-corrected chi connectivity index (χ0v) is 21.4. The van der Waals surface area contributed by atoms with E-state index in [1.807, 2.05) is 0 Å². The van der Waals surface area contributed by atoms with E-state index in [1.54, 1.807) is 7.05 Å². The zero-order valence-electron chi connectivity index (χ0n) is 21.4. The van der Waals surface area contributed by atoms with Gasteiger partial charge in [0.1, 0.15) is 11.3 Å². The van der Waals surface area contributed by atoms with Crippen molar-refractivity contribution < 1.29 is 36.0 Å². The Morgan fingerprint density at radius 2 is 1.90 bits per heavy atom. The summed E-state index contributed by atoms with van der Waals surface area (Å²) in [6.45, 7) is 3.39. The van der Waals surface area contributed by atoms with E-state index in [4.69, 9.17) is 4.42 Å². The van der Waals surface area contributed by atoms with E-state index < -0.39 is 42.3 Å². The summed E-state index contributed by atoms with van der Waals surface area (Å²) in [7, 11) is 1.56. The van der Waals surface area contributed by atoms with Crippen molar-refractivity contribution in [3.05, 3.63) is 77.7 Å². The average molecular weight is 561 g/mol. The number of pyridine rings is 1. The Bertz CT molecular complexity index is 1480. The van der Waals surface area contributed by atoms with Gasteiger partial charge in [-0.1, -0.05) is 6.58 Å². The van der Waals surface area contributed by atoms with Crippen molar-refractivity contribution in [3.63, 3.8) is 0 Å². The van der Waals surface area contributed by atoms with Crippen molar-refractivity contribution in [3.8, 4) is 11.3 Å². The number of aliphatic imine (C=N–C) groups is 1. The van der Waals surface area contributed by atoms with Crippen LogP contribution in [-0.4, -0.2) is 54.0 Å². The maximum atomic E-state index is 13.7. The number of hydrogen-bond donors (Lipinski definition) is 1. The first kappa shape index (κ1) is 28.7. The molecule has 0 aliphatic carbocycles. The van der Waals surface area contributed by atoms with Gasteiger partial charge in [0.15, 0.2) is 0 Å². The molecule has 0 atom stereocenters. The fraction of sp³-hybridized carbons (Fsp3) is 0.286. The van der Waals surface area contributed by atoms with E-state index in [9.17, 15) is 31.5 Å². The Hall–Kier alpha value is -4.35. The largest absolute Gasteiger partial charge is 0.459 e. The molecule has 0 saturated carbocycles. The molecule has 2 aromatic heterocycles. The molecule has 1 fully saturated rings. The van der Waals surface area contributed by atoms with Gasteiger partial charge >= 0.3 is 6.18 Å². The third-order valence-electron chi connectivity index (χ3n) is 6.26. The Labute approximate surface area is 226 Å². The number of nitrogens with zero attached hydrogens (tertiary/aromatic N) is 3. The summed E-state index contributed by atoms with van der Waals surface area (Å²) in [4.78, 5) is 34.1. The molecule has 1 saturated heterocycles. The van der Waals surface area contributed by atoms with Crippen LogP contribution in [0.3, 0.4) is 0 Å². The van der Waals surface area contributed by atoms with Gasteiger partial charge in [0.05, 0.1) is 23.4 Å². The summed E-state index contributed by atoms with van der Waals surface area (Å²) in [5.74, 6) is -3.55. The Kier molecular flexibility index (Phi) is 8.17. The zero-order chi connectivity index (χ0) is 29.1. The second-order valence-corrected chi connectivity index (χ2v) is 9.24. The molecule has 40 heavy (non-hydrogen) atoms. The minimum absolute atomic E-state index is 0.0617. The Morgan fingerprint density at radius 3 is 2.52 bits per heavy atom. The van der Waals surface area contributed by atoms with Gasteiger partial charge in [-0.15, -0.1) is 0 Å². The lowest BCUT2D eigenvalue weighted by atomic mass is 10.0. The van der Waals surface area contributed by atoms with Gasteiger partial charge in [0.2, 0.25) is 5.91 Å². The van der Waals surface area contributed by atoms with Crippen LogP contribution in [0.2, 0.25) is 0 Å². The maximum Gasteiger partial charge on any atom is 0.416 e. The summed E-state index contributed by atoms with van der Waals surface area (Å²) in [5, 5.41) is 2.91. The van der Waals surface area contributed by atoms with Crippen LogP contribution in [0.5, 0.6) is 0 Å². The molecule has 1 aliphatic rings. The maximum absolute atomic E-state index is 13.7. The minimum atomic E-state index is -4.68. The van der Waals surface area contributed by atoms with Crippen molar-refractivity contribution in [1.29, 1.82) is 0 Å². The third kappa shape index (κ3) is 6.80. The molecule has 0 spiro atoms. The summed E-state index contributed by atoms with van der Waals surface area (Å²) in [6.07, 6.45) is -0.179. The van der Waals surface area contributed by atoms with Gasteiger partial charge in [0.25, 0.3) is 11.8 Å². The molecule has 1 aromatic carbocycles. The molecule has 0 unspecified atom stereocenters. The molecule has 12 heteroatoms. The average Bonchev–Trinajstić information content (AvgIpc) is 3.33. The van der Waals surface area contributed by atoms with Gasteiger partial charge in [0, 0.05) is 62.4 Å². The van der Waals surface area contributed by atoms with Crippen molar-refractivity contribution in [2.45, 2.75) is 31.5 Å². The second-order valence-electron chi connectivity index (χ2n) is 9.24. The normalized spacial score (nSPS) is 15.7. The van der Waals surface area contributed by atoms with E-state index >= 15 is 0 Å². The Morgan fingerprint density at radius 1 is 1.18 bits per heavy atom. The first-order chi connectivity index (χ1) is 18.9. The number of alkyl halides is 5. The number of piperidine rings is 1. The van der Waals surface area contributed by atoms with Gasteiger partial charge in [-0.3, -0.25) is 19.6 Å². The number of aromatic nitrogens is 1. The van der Waals surface area contributed by atoms with E-state index in [0.717, 1.165) is 12.1 Å². The van der Waals surface area contributed by atoms with Crippen LogP contribution in [0.25, 0.3) is 22.2 Å². The highest BCUT2D eigenvalue weighted by atomic mass is 19.4. The summed E-state index contributed by atoms with van der Waals surface area (Å²) in [5.41, 5.74) is -0.133. The molecular weight excluding hydrogens is 535 g/mol. The molecule has 0 bridgehead atoms. The molecule has 210 valence electrons. The number of allylic oxidation sites excluding steroid dienone is 2. The lowest BCUT2D eigenvalue weighted by molar-refractivity contribution is -0.137. The number of amides is 2. The molecular formula is C28H25F5N4O3. The molecule has 1 aliphatic heterocycles. The highest BCUT2D eigenvalue weighted by Crippen LogP contribution is 2.38. The van der Waals surface area contributed by atoms with Crippen molar-refractivity contribution in [1.82, 2.24) is 15.2 Å². The number of likely N-dealkylation sites (tertiary alicyclic amines) is 1. The number of benzene rings is 1. The number of hydrogen-bond acceptors (Lipinski definition) is 5. The predicted octanol–water partition coefficient (Wildman–Crippen LogP) is 5.81. The van der Waals surface area contributed by atoms with E-state index in [-0.39, 0.29) is 47.8 Å². The fourth-order valence-electron chi connectivity index (χ4n) is 4.18. The molecule has 0 radical (unpaired) electrons. The van der Waals surface area contributed by atoms with Crippen LogP contribution in [0.1, 0.15) is 34.5 Å². The molecule has 1 N–H and O–H groups in total. The lowest BCUT2D eigenvalue weighted by Crippen LogP contribution is -2.42. The van der Waals surface area contributed by atoms with Gasteiger partial charge < -0.3 is 14.6 Å². The molecule has 2 amide bonds. The smallest absolute Gasteiger partial charge is 0.416 e. The quantitative estimate of drug-likeness (QED) is 0.171.